The van der Waals surface area contributed by atoms with Gasteiger partial charge in [0.1, 0.15) is 0 Å². The first-order valence-corrected chi connectivity index (χ1v) is 25.5. The summed E-state index contributed by atoms with van der Waals surface area (Å²) in [5.41, 5.74) is 25.4. The monoisotopic (exact) mass is 884 g/mol. The van der Waals surface area contributed by atoms with Gasteiger partial charge in [0.2, 0.25) is 0 Å². The van der Waals surface area contributed by atoms with Gasteiger partial charge in [0.05, 0.1) is 0 Å². The third-order valence-electron chi connectivity index (χ3n) is 18.8. The number of benzene rings is 6. The van der Waals surface area contributed by atoms with Gasteiger partial charge in [0.15, 0.2) is 0 Å². The molecule has 0 atom stereocenters. The van der Waals surface area contributed by atoms with Gasteiger partial charge in [-0.2, -0.15) is 0 Å². The molecule has 342 valence electrons. The van der Waals surface area contributed by atoms with Gasteiger partial charge in [-0.3, -0.25) is 0 Å². The van der Waals surface area contributed by atoms with Crippen molar-refractivity contribution in [3.05, 3.63) is 147 Å². The van der Waals surface area contributed by atoms with Gasteiger partial charge in [0.25, 0.3) is 6.71 Å². The summed E-state index contributed by atoms with van der Waals surface area (Å²) >= 11 is 0. The van der Waals surface area contributed by atoms with Crippen molar-refractivity contribution in [1.82, 2.24) is 0 Å². The molecule has 0 aromatic heterocycles. The fraction of sp³-hybridized carbons (Fsp3) is 0.438. The van der Waals surface area contributed by atoms with E-state index in [1.54, 1.807) is 0 Å². The summed E-state index contributed by atoms with van der Waals surface area (Å²) in [6.45, 7) is 33.7. The molecule has 2 heterocycles. The molecule has 67 heavy (non-hydrogen) atoms. The molecule has 0 fully saturated rings. The molecule has 0 N–H and O–H groups in total. The van der Waals surface area contributed by atoms with E-state index in [2.05, 4.69) is 205 Å². The Morgan fingerprint density at radius 2 is 0.896 bits per heavy atom. The largest absolute Gasteiger partial charge is 0.311 e. The van der Waals surface area contributed by atoms with Gasteiger partial charge >= 0.3 is 0 Å². The van der Waals surface area contributed by atoms with Gasteiger partial charge in [-0.1, -0.05) is 145 Å². The molecular weight excluding hydrogens is 808 g/mol. The van der Waals surface area contributed by atoms with E-state index in [1.165, 1.54) is 83.3 Å². The predicted octanol–water partition coefficient (Wildman–Crippen LogP) is 15.3. The van der Waals surface area contributed by atoms with Crippen LogP contribution >= 0.6 is 0 Å². The fourth-order valence-corrected chi connectivity index (χ4v) is 14.9. The van der Waals surface area contributed by atoms with Crippen molar-refractivity contribution < 1.29 is 4.11 Å². The summed E-state index contributed by atoms with van der Waals surface area (Å²) in [6.07, 6.45) is 5.54. The van der Waals surface area contributed by atoms with E-state index < -0.39 is 6.85 Å². The quantitative estimate of drug-likeness (QED) is 0.160. The molecule has 0 spiro atoms. The molecule has 0 radical (unpaired) electrons. The maximum absolute atomic E-state index is 9.26. The van der Waals surface area contributed by atoms with Crippen LogP contribution in [0.2, 0.25) is 0 Å². The zero-order valence-corrected chi connectivity index (χ0v) is 43.2. The zero-order chi connectivity index (χ0) is 50.0. The van der Waals surface area contributed by atoms with Gasteiger partial charge in [-0.25, -0.2) is 0 Å². The maximum Gasteiger partial charge on any atom is 0.252 e. The van der Waals surface area contributed by atoms with Crippen LogP contribution in [0.15, 0.2) is 91.0 Å². The van der Waals surface area contributed by atoms with E-state index in [-0.39, 0.29) is 44.6 Å². The van der Waals surface area contributed by atoms with Crippen molar-refractivity contribution in [1.29, 1.82) is 0 Å². The van der Waals surface area contributed by atoms with Crippen LogP contribution < -0.4 is 26.2 Å². The molecule has 12 rings (SSSR count). The predicted molar refractivity (Wildman–Crippen MR) is 289 cm³/mol. The smallest absolute Gasteiger partial charge is 0.252 e. The molecule has 6 aliphatic rings. The summed E-state index contributed by atoms with van der Waals surface area (Å²) in [5.74, 6) is 0. The normalized spacial score (nSPS) is 22.4. The van der Waals surface area contributed by atoms with E-state index in [0.717, 1.165) is 60.5 Å². The number of hydrogen-bond acceptors (Lipinski definition) is 2. The molecule has 2 aliphatic heterocycles. The van der Waals surface area contributed by atoms with E-state index in [4.69, 9.17) is 0 Å². The molecule has 6 aromatic carbocycles. The molecule has 6 aromatic rings. The first kappa shape index (κ1) is 39.9. The van der Waals surface area contributed by atoms with Crippen molar-refractivity contribution in [2.45, 2.75) is 181 Å². The van der Waals surface area contributed by atoms with Crippen LogP contribution in [0.25, 0.3) is 11.1 Å². The molecular formula is C64H73BN2. The van der Waals surface area contributed by atoms with Crippen molar-refractivity contribution >= 4 is 57.2 Å². The maximum atomic E-state index is 9.26. The highest BCUT2D eigenvalue weighted by Gasteiger charge is 2.50. The average molecular weight is 884 g/mol. The van der Waals surface area contributed by atoms with E-state index in [1.807, 2.05) is 0 Å². The lowest BCUT2D eigenvalue weighted by Gasteiger charge is -2.48. The summed E-state index contributed by atoms with van der Waals surface area (Å²) < 4.78 is 27.8. The molecule has 0 saturated carbocycles. The number of rotatable bonds is 2. The van der Waals surface area contributed by atoms with Crippen LogP contribution in [-0.2, 0) is 37.9 Å². The Morgan fingerprint density at radius 3 is 1.48 bits per heavy atom. The van der Waals surface area contributed by atoms with Crippen LogP contribution in [0.4, 0.5) is 34.1 Å². The van der Waals surface area contributed by atoms with Crippen LogP contribution in [0.5, 0.6) is 0 Å². The molecule has 0 amide bonds. The molecule has 4 aliphatic carbocycles. The first-order chi connectivity index (χ1) is 32.4. The van der Waals surface area contributed by atoms with Crippen LogP contribution in [0, 0.1) is 13.8 Å². The third-order valence-corrected chi connectivity index (χ3v) is 18.8. The lowest BCUT2D eigenvalue weighted by atomic mass is 9.32. The Morgan fingerprint density at radius 1 is 0.433 bits per heavy atom. The standard InChI is InChI=1S/C64H73BN2/c1-37-27-55-57-56(28-37)67(52-33-47-44(29-38(52)2)58(3,4)23-25-60(47,7)8)54-34-48-45(59(5,6)24-26-61(48,9)10)31-51(54)65(57)50-32-46-49(63(13,14)36-62(46,11)12)35-53(50)66(55)39-21-22-43-41(30-39)40-19-17-18-20-42(40)64(43,15)16/h17-22,27-35H,23-26,36H2,1-16H3/i1D3. The Balaban J connectivity index is 1.24. The summed E-state index contributed by atoms with van der Waals surface area (Å²) in [6, 6.07) is 35.4. The van der Waals surface area contributed by atoms with Crippen molar-refractivity contribution in [2.75, 3.05) is 9.80 Å². The number of hydrogen-bond donors (Lipinski definition) is 0. The van der Waals surface area contributed by atoms with E-state index in [0.29, 0.717) is 5.56 Å². The highest BCUT2D eigenvalue weighted by Crippen LogP contribution is 2.57. The summed E-state index contributed by atoms with van der Waals surface area (Å²) in [5, 5.41) is 0. The Bertz CT molecular complexity index is 3300. The number of nitrogens with zero attached hydrogens (tertiary/aromatic N) is 2. The highest BCUT2D eigenvalue weighted by molar-refractivity contribution is 7.00. The Labute approximate surface area is 407 Å². The molecule has 0 unspecified atom stereocenters. The Kier molecular flexibility index (Phi) is 7.86. The van der Waals surface area contributed by atoms with E-state index >= 15 is 0 Å². The number of fused-ring (bicyclic) bond motifs is 10. The van der Waals surface area contributed by atoms with E-state index in [9.17, 15) is 4.11 Å². The first-order valence-electron chi connectivity index (χ1n) is 27.0. The van der Waals surface area contributed by atoms with Crippen molar-refractivity contribution in [3.63, 3.8) is 0 Å². The van der Waals surface area contributed by atoms with Crippen molar-refractivity contribution in [2.24, 2.45) is 0 Å². The van der Waals surface area contributed by atoms with Gasteiger partial charge in [-0.05, 0) is 204 Å². The van der Waals surface area contributed by atoms with Crippen LogP contribution in [0.1, 0.15) is 189 Å². The topological polar surface area (TPSA) is 6.48 Å². The molecule has 2 nitrogen and oxygen atoms in total. The highest BCUT2D eigenvalue weighted by atomic mass is 15.2. The average Bonchev–Trinajstić information content (AvgIpc) is 3.61. The van der Waals surface area contributed by atoms with Gasteiger partial charge < -0.3 is 9.80 Å². The van der Waals surface area contributed by atoms with Gasteiger partial charge in [0, 0.05) is 43.7 Å². The number of anilines is 6. The van der Waals surface area contributed by atoms with Gasteiger partial charge in [-0.15, -0.1) is 0 Å². The second-order valence-electron chi connectivity index (χ2n) is 26.5. The summed E-state index contributed by atoms with van der Waals surface area (Å²) in [4.78, 5) is 5.02. The zero-order valence-electron chi connectivity index (χ0n) is 46.2. The fourth-order valence-electron chi connectivity index (χ4n) is 14.9. The van der Waals surface area contributed by atoms with Crippen LogP contribution in [-0.4, -0.2) is 6.71 Å². The molecule has 3 heteroatoms. The van der Waals surface area contributed by atoms with Crippen LogP contribution in [0.3, 0.4) is 0 Å². The second-order valence-corrected chi connectivity index (χ2v) is 26.5. The molecule has 0 saturated heterocycles. The summed E-state index contributed by atoms with van der Waals surface area (Å²) in [7, 11) is 0. The van der Waals surface area contributed by atoms with Crippen molar-refractivity contribution in [3.8, 4) is 11.1 Å². The minimum Gasteiger partial charge on any atom is -0.311 e. The third kappa shape index (κ3) is 5.82. The Hall–Kier alpha value is -5.02. The minimum atomic E-state index is -2.36. The second kappa shape index (κ2) is 13.2. The SMILES string of the molecule is [2H]C([2H])([2H])c1cc2c3c(c1)N(c1cc4c(cc1C)C(C)(C)CCC4(C)C)c1cc4c(cc1B3c1cc3c(cc1N2c1ccc2c(c1)-c1ccccc1C2(C)C)C(C)(C)CC3(C)C)C(C)(C)CCC4(C)C. The minimum absolute atomic E-state index is 0.0156. The molecule has 0 bridgehead atoms. The lowest BCUT2D eigenvalue weighted by molar-refractivity contribution is 0.331. The lowest BCUT2D eigenvalue weighted by Crippen LogP contribution is -2.62. The number of aryl methyl sites for hydroxylation is 2.